The Labute approximate surface area is 147 Å². The van der Waals surface area contributed by atoms with Crippen molar-refractivity contribution in [1.29, 1.82) is 0 Å². The molecule has 1 amide bonds. The minimum absolute atomic E-state index is 0.104. The smallest absolute Gasteiger partial charge is 0.245 e. The molecule has 2 aromatic heterocycles. The van der Waals surface area contributed by atoms with E-state index in [1.165, 1.54) is 19.3 Å². The van der Waals surface area contributed by atoms with Crippen molar-refractivity contribution in [3.63, 3.8) is 0 Å². The third-order valence-corrected chi connectivity index (χ3v) is 5.64. The van der Waals surface area contributed by atoms with E-state index < -0.39 is 0 Å². The first-order chi connectivity index (χ1) is 12.2. The van der Waals surface area contributed by atoms with Crippen molar-refractivity contribution in [2.24, 2.45) is 5.92 Å². The van der Waals surface area contributed by atoms with Gasteiger partial charge in [0.05, 0.1) is 12.2 Å². The Morgan fingerprint density at radius 3 is 2.80 bits per heavy atom. The van der Waals surface area contributed by atoms with Crippen LogP contribution in [0.15, 0.2) is 22.7 Å². The van der Waals surface area contributed by atoms with Crippen LogP contribution in [0, 0.1) is 5.92 Å². The Bertz CT molecular complexity index is 787. The zero-order chi connectivity index (χ0) is 17.0. The van der Waals surface area contributed by atoms with Crippen molar-refractivity contribution in [2.75, 3.05) is 0 Å². The average Bonchev–Trinajstić information content (AvgIpc) is 3.53. The molecule has 0 saturated heterocycles. The molecular formula is C19H24N4O2. The van der Waals surface area contributed by atoms with E-state index >= 15 is 0 Å². The molecule has 0 bridgehead atoms. The maximum Gasteiger partial charge on any atom is 0.245 e. The summed E-state index contributed by atoms with van der Waals surface area (Å²) in [5.41, 5.74) is 1.03. The fourth-order valence-corrected chi connectivity index (χ4v) is 3.56. The van der Waals surface area contributed by atoms with Crippen LogP contribution in [-0.2, 0) is 17.9 Å². The molecule has 3 aliphatic rings. The number of nitrogens with zero attached hydrogens (tertiary/aromatic N) is 4. The highest BCUT2D eigenvalue weighted by atomic mass is 16.3. The molecule has 0 unspecified atom stereocenters. The summed E-state index contributed by atoms with van der Waals surface area (Å²) in [7, 11) is 0. The van der Waals surface area contributed by atoms with Crippen molar-refractivity contribution in [1.82, 2.24) is 19.9 Å². The van der Waals surface area contributed by atoms with Crippen molar-refractivity contribution in [3.05, 3.63) is 35.5 Å². The van der Waals surface area contributed by atoms with Crippen LogP contribution in [0.1, 0.15) is 68.1 Å². The Kier molecular flexibility index (Phi) is 3.47. The minimum Gasteiger partial charge on any atom is -0.464 e. The van der Waals surface area contributed by atoms with Gasteiger partial charge < -0.3 is 9.32 Å². The van der Waals surface area contributed by atoms with Gasteiger partial charge in [0.15, 0.2) is 0 Å². The average molecular weight is 340 g/mol. The fourth-order valence-electron chi connectivity index (χ4n) is 3.56. The first-order valence-corrected chi connectivity index (χ1v) is 9.45. The molecule has 6 heteroatoms. The summed E-state index contributed by atoms with van der Waals surface area (Å²) in [6.45, 7) is 3.08. The van der Waals surface area contributed by atoms with Crippen LogP contribution in [0.5, 0.6) is 0 Å². The van der Waals surface area contributed by atoms with Gasteiger partial charge in [0.1, 0.15) is 18.1 Å². The predicted molar refractivity (Wildman–Crippen MR) is 90.8 cm³/mol. The summed E-state index contributed by atoms with van der Waals surface area (Å²) >= 11 is 0. The number of rotatable bonds is 7. The van der Waals surface area contributed by atoms with E-state index in [1.54, 1.807) is 4.68 Å². The second kappa shape index (κ2) is 5.71. The maximum absolute atomic E-state index is 12.8. The van der Waals surface area contributed by atoms with Gasteiger partial charge in [-0.2, -0.15) is 0 Å². The van der Waals surface area contributed by atoms with Gasteiger partial charge in [0.25, 0.3) is 0 Å². The van der Waals surface area contributed by atoms with Gasteiger partial charge in [0.2, 0.25) is 5.91 Å². The van der Waals surface area contributed by atoms with E-state index in [4.69, 9.17) is 4.42 Å². The van der Waals surface area contributed by atoms with Gasteiger partial charge in [-0.25, -0.2) is 4.68 Å². The standard InChI is InChI=1S/C19H24N4O2/c1-12-8-16(12)18-7-6-15(25-18)9-23(14-4-5-14)19(24)11-22-10-17(20-21-22)13-2-3-13/h6-7,10,12-14,16H,2-5,8-9,11H2,1H3/t12-,16-/m0/s1. The Hall–Kier alpha value is -2.11. The lowest BCUT2D eigenvalue weighted by molar-refractivity contribution is -0.133. The third kappa shape index (κ3) is 3.22. The van der Waals surface area contributed by atoms with E-state index in [1.807, 2.05) is 17.2 Å². The molecule has 3 aliphatic carbocycles. The van der Waals surface area contributed by atoms with Gasteiger partial charge >= 0.3 is 0 Å². The molecule has 0 spiro atoms. The van der Waals surface area contributed by atoms with Crippen LogP contribution in [0.3, 0.4) is 0 Å². The number of carbonyl (C=O) groups is 1. The maximum atomic E-state index is 12.8. The van der Waals surface area contributed by atoms with Gasteiger partial charge in [0, 0.05) is 24.1 Å². The van der Waals surface area contributed by atoms with Crippen molar-refractivity contribution >= 4 is 5.91 Å². The first-order valence-electron chi connectivity index (χ1n) is 9.45. The zero-order valence-electron chi connectivity index (χ0n) is 14.6. The molecule has 6 nitrogen and oxygen atoms in total. The van der Waals surface area contributed by atoms with Gasteiger partial charge in [-0.3, -0.25) is 4.79 Å². The molecule has 0 N–H and O–H groups in total. The Morgan fingerprint density at radius 2 is 2.12 bits per heavy atom. The van der Waals surface area contributed by atoms with E-state index in [0.29, 0.717) is 24.4 Å². The molecule has 2 aromatic rings. The molecule has 25 heavy (non-hydrogen) atoms. The molecule has 2 atom stereocenters. The minimum atomic E-state index is 0.104. The molecule has 3 fully saturated rings. The summed E-state index contributed by atoms with van der Waals surface area (Å²) < 4.78 is 7.69. The lowest BCUT2D eigenvalue weighted by Gasteiger charge is -2.21. The lowest BCUT2D eigenvalue weighted by Crippen LogP contribution is -2.35. The second-order valence-corrected chi connectivity index (χ2v) is 7.99. The SMILES string of the molecule is C[C@H]1C[C@@H]1c1ccc(CN(C(=O)Cn2cc(C3CC3)nn2)C2CC2)o1. The highest BCUT2D eigenvalue weighted by Gasteiger charge is 2.37. The quantitative estimate of drug-likeness (QED) is 0.777. The van der Waals surface area contributed by atoms with Gasteiger partial charge in [-0.15, -0.1) is 5.10 Å². The van der Waals surface area contributed by atoms with Crippen LogP contribution < -0.4 is 0 Å². The summed E-state index contributed by atoms with van der Waals surface area (Å²) in [6, 6.07) is 4.47. The molecule has 2 heterocycles. The summed E-state index contributed by atoms with van der Waals surface area (Å²) in [5.74, 6) is 3.95. The number of aromatic nitrogens is 3. The lowest BCUT2D eigenvalue weighted by atomic mass is 10.3. The van der Waals surface area contributed by atoms with Crippen molar-refractivity contribution < 1.29 is 9.21 Å². The van der Waals surface area contributed by atoms with Crippen LogP contribution >= 0.6 is 0 Å². The topological polar surface area (TPSA) is 64.2 Å². The molecular weight excluding hydrogens is 316 g/mol. The third-order valence-electron chi connectivity index (χ3n) is 5.64. The number of carbonyl (C=O) groups excluding carboxylic acids is 1. The monoisotopic (exact) mass is 340 g/mol. The molecule has 0 aliphatic heterocycles. The Morgan fingerprint density at radius 1 is 1.32 bits per heavy atom. The van der Waals surface area contributed by atoms with Crippen LogP contribution in [0.2, 0.25) is 0 Å². The Balaban J connectivity index is 1.25. The van der Waals surface area contributed by atoms with Crippen LogP contribution in [0.25, 0.3) is 0 Å². The summed E-state index contributed by atoms with van der Waals surface area (Å²) in [6.07, 6.45) is 7.71. The molecule has 0 aromatic carbocycles. The first kappa shape index (κ1) is 15.2. The van der Waals surface area contributed by atoms with E-state index in [-0.39, 0.29) is 12.5 Å². The molecule has 132 valence electrons. The zero-order valence-corrected chi connectivity index (χ0v) is 14.6. The van der Waals surface area contributed by atoms with Gasteiger partial charge in [-0.1, -0.05) is 12.1 Å². The molecule has 0 radical (unpaired) electrons. The van der Waals surface area contributed by atoms with E-state index in [9.17, 15) is 4.79 Å². The second-order valence-electron chi connectivity index (χ2n) is 7.99. The van der Waals surface area contributed by atoms with Crippen LogP contribution in [-0.4, -0.2) is 31.8 Å². The normalized spacial score (nSPS) is 25.2. The predicted octanol–water partition coefficient (Wildman–Crippen LogP) is 3.06. The number of hydrogen-bond acceptors (Lipinski definition) is 4. The van der Waals surface area contributed by atoms with Gasteiger partial charge in [-0.05, 0) is 50.2 Å². The fraction of sp³-hybridized carbons (Fsp3) is 0.632. The van der Waals surface area contributed by atoms with E-state index in [2.05, 4.69) is 23.3 Å². The highest BCUT2D eigenvalue weighted by molar-refractivity contribution is 5.76. The van der Waals surface area contributed by atoms with Crippen LogP contribution in [0.4, 0.5) is 0 Å². The van der Waals surface area contributed by atoms with Crippen molar-refractivity contribution in [2.45, 2.75) is 70.0 Å². The summed E-state index contributed by atoms with van der Waals surface area (Å²) in [5, 5.41) is 8.32. The molecule has 3 saturated carbocycles. The summed E-state index contributed by atoms with van der Waals surface area (Å²) in [4.78, 5) is 14.7. The number of amides is 1. The van der Waals surface area contributed by atoms with E-state index in [0.717, 1.165) is 36.0 Å². The highest BCUT2D eigenvalue weighted by Crippen LogP contribution is 2.47. The number of furan rings is 1. The van der Waals surface area contributed by atoms with Crippen molar-refractivity contribution in [3.8, 4) is 0 Å². The largest absolute Gasteiger partial charge is 0.464 e. The molecule has 5 rings (SSSR count). The number of hydrogen-bond donors (Lipinski definition) is 0.